The minimum Gasteiger partial charge on any atom is -0.424 e. The van der Waals surface area contributed by atoms with Crippen molar-refractivity contribution in [2.24, 2.45) is 0 Å². The molecule has 1 atom stereocenters. The summed E-state index contributed by atoms with van der Waals surface area (Å²) in [6.07, 6.45) is -0.755. The first-order valence-corrected chi connectivity index (χ1v) is 10.7. The van der Waals surface area contributed by atoms with E-state index in [0.29, 0.717) is 5.56 Å². The lowest BCUT2D eigenvalue weighted by Gasteiger charge is -2.33. The lowest BCUT2D eigenvalue weighted by atomic mass is 9.91. The molecule has 0 N–H and O–H groups in total. The van der Waals surface area contributed by atoms with Crippen LogP contribution in [-0.4, -0.2) is 40.8 Å². The molecule has 9 heteroatoms. The average molecular weight is 469 g/mol. The summed E-state index contributed by atoms with van der Waals surface area (Å²) in [5.74, 6) is -1.40. The van der Waals surface area contributed by atoms with Crippen molar-refractivity contribution in [2.75, 3.05) is 7.11 Å². The van der Waals surface area contributed by atoms with Crippen LogP contribution in [0.3, 0.4) is 0 Å². The third-order valence-corrected chi connectivity index (χ3v) is 5.72. The average Bonchev–Trinajstić information content (AvgIpc) is 2.93. The van der Waals surface area contributed by atoms with Gasteiger partial charge < -0.3 is 9.47 Å². The number of nitro groups is 1. The van der Waals surface area contributed by atoms with E-state index >= 15 is 0 Å². The zero-order valence-electron chi connectivity index (χ0n) is 20.3. The smallest absolute Gasteiger partial charge is 0.350 e. The molecule has 2 aromatic carbocycles. The van der Waals surface area contributed by atoms with Gasteiger partial charge in [0.25, 0.3) is 11.6 Å². The molecule has 0 spiro atoms. The first-order valence-electron chi connectivity index (χ1n) is 10.7. The van der Waals surface area contributed by atoms with Gasteiger partial charge in [0.1, 0.15) is 16.9 Å². The maximum absolute atomic E-state index is 13.7. The Morgan fingerprint density at radius 2 is 1.71 bits per heavy atom. The third-order valence-electron chi connectivity index (χ3n) is 5.72. The van der Waals surface area contributed by atoms with E-state index in [0.717, 1.165) is 21.8 Å². The van der Waals surface area contributed by atoms with Crippen LogP contribution < -0.4 is 0 Å². The Morgan fingerprint density at radius 3 is 2.26 bits per heavy atom. The number of amides is 1. The van der Waals surface area contributed by atoms with E-state index < -0.39 is 28.6 Å². The predicted molar refractivity (Wildman–Crippen MR) is 125 cm³/mol. The van der Waals surface area contributed by atoms with Crippen LogP contribution in [0.25, 0.3) is 5.57 Å². The highest BCUT2D eigenvalue weighted by Gasteiger charge is 2.51. The quantitative estimate of drug-likeness (QED) is 0.252. The van der Waals surface area contributed by atoms with Crippen LogP contribution in [0, 0.1) is 30.9 Å². The minimum absolute atomic E-state index is 0.0407. The van der Waals surface area contributed by atoms with E-state index in [9.17, 15) is 19.7 Å². The molecule has 0 saturated carbocycles. The van der Waals surface area contributed by atoms with Crippen molar-refractivity contribution in [1.82, 2.24) is 5.06 Å². The zero-order chi connectivity index (χ0) is 25.4. The van der Waals surface area contributed by atoms with Crippen molar-refractivity contribution in [3.8, 4) is 0 Å². The Balaban J connectivity index is 2.20. The summed E-state index contributed by atoms with van der Waals surface area (Å²) in [6, 6.07) is 9.36. The van der Waals surface area contributed by atoms with Gasteiger partial charge in [-0.05, 0) is 64.3 Å². The number of esters is 1. The second-order valence-electron chi connectivity index (χ2n) is 8.71. The van der Waals surface area contributed by atoms with E-state index in [-0.39, 0.29) is 22.6 Å². The second-order valence-corrected chi connectivity index (χ2v) is 8.71. The number of carbonyl (C=O) groups excluding carboxylic acids is 2. The van der Waals surface area contributed by atoms with Gasteiger partial charge in [-0.25, -0.2) is 14.7 Å². The van der Waals surface area contributed by atoms with Gasteiger partial charge in [-0.15, -0.1) is 0 Å². The highest BCUT2D eigenvalue weighted by molar-refractivity contribution is 6.23. The molecule has 1 aliphatic heterocycles. The van der Waals surface area contributed by atoms with Crippen molar-refractivity contribution >= 4 is 23.1 Å². The lowest BCUT2D eigenvalue weighted by molar-refractivity contribution is -0.385. The maximum Gasteiger partial charge on any atom is 0.350 e. The number of methoxy groups -OCH3 is 1. The maximum atomic E-state index is 13.7. The van der Waals surface area contributed by atoms with Gasteiger partial charge in [-0.2, -0.15) is 0 Å². The lowest BCUT2D eigenvalue weighted by Crippen LogP contribution is -2.46. The van der Waals surface area contributed by atoms with Crippen LogP contribution in [-0.2, 0) is 19.1 Å². The topological polar surface area (TPSA) is 108 Å². The second kappa shape index (κ2) is 9.36. The van der Waals surface area contributed by atoms with Crippen molar-refractivity contribution in [3.63, 3.8) is 0 Å². The molecule has 1 aliphatic rings. The number of carbonyl (C=O) groups is 2. The van der Waals surface area contributed by atoms with E-state index in [1.807, 2.05) is 32.9 Å². The number of hydrogen-bond donors (Lipinski definition) is 0. The van der Waals surface area contributed by atoms with Crippen molar-refractivity contribution in [1.29, 1.82) is 0 Å². The summed E-state index contributed by atoms with van der Waals surface area (Å²) in [5, 5.41) is 12.6. The van der Waals surface area contributed by atoms with Crippen molar-refractivity contribution < 1.29 is 28.8 Å². The Morgan fingerprint density at radius 1 is 1.12 bits per heavy atom. The van der Waals surface area contributed by atoms with Gasteiger partial charge >= 0.3 is 5.97 Å². The van der Waals surface area contributed by atoms with Crippen molar-refractivity contribution in [3.05, 3.63) is 80.1 Å². The molecule has 0 aliphatic carbocycles. The summed E-state index contributed by atoms with van der Waals surface area (Å²) < 4.78 is 10.9. The van der Waals surface area contributed by atoms with Crippen LogP contribution >= 0.6 is 0 Å². The molecule has 2 aromatic rings. The van der Waals surface area contributed by atoms with Gasteiger partial charge in [0.05, 0.1) is 10.5 Å². The highest BCUT2D eigenvalue weighted by atomic mass is 16.8. The largest absolute Gasteiger partial charge is 0.424 e. The van der Waals surface area contributed by atoms with Gasteiger partial charge in [-0.3, -0.25) is 14.9 Å². The van der Waals surface area contributed by atoms with Crippen LogP contribution in [0.2, 0.25) is 0 Å². The summed E-state index contributed by atoms with van der Waals surface area (Å²) in [6.45, 7) is 10.6. The van der Waals surface area contributed by atoms with E-state index in [2.05, 4.69) is 0 Å². The molecule has 34 heavy (non-hydrogen) atoms. The molecule has 1 amide bonds. The van der Waals surface area contributed by atoms with Crippen LogP contribution in [0.1, 0.15) is 53.4 Å². The number of benzene rings is 2. The first kappa shape index (κ1) is 25.1. The fraction of sp³-hybridized carbons (Fsp3) is 0.360. The van der Waals surface area contributed by atoms with Gasteiger partial charge in [-0.1, -0.05) is 29.8 Å². The normalized spacial score (nSPS) is 16.1. The molecule has 0 fully saturated rings. The van der Waals surface area contributed by atoms with E-state index in [4.69, 9.17) is 14.3 Å². The molecule has 0 saturated heterocycles. The Kier molecular flexibility index (Phi) is 6.90. The molecular formula is C25H28N2O7. The predicted octanol–water partition coefficient (Wildman–Crippen LogP) is 4.63. The summed E-state index contributed by atoms with van der Waals surface area (Å²) in [7, 11) is 1.44. The number of nitro benzene ring substituents is 1. The van der Waals surface area contributed by atoms with Crippen LogP contribution in [0.5, 0.6) is 0 Å². The van der Waals surface area contributed by atoms with Gasteiger partial charge in [0.15, 0.2) is 6.29 Å². The van der Waals surface area contributed by atoms with Crippen LogP contribution in [0.15, 0.2) is 42.2 Å². The fourth-order valence-electron chi connectivity index (χ4n) is 4.15. The first-order chi connectivity index (χ1) is 15.9. The summed E-state index contributed by atoms with van der Waals surface area (Å²) in [4.78, 5) is 43.3. The molecule has 1 unspecified atom stereocenters. The summed E-state index contributed by atoms with van der Waals surface area (Å²) >= 11 is 0. The zero-order valence-corrected chi connectivity index (χ0v) is 20.3. The van der Waals surface area contributed by atoms with E-state index in [1.165, 1.54) is 31.4 Å². The van der Waals surface area contributed by atoms with Gasteiger partial charge in [0, 0.05) is 13.2 Å². The number of hydrogen-bond acceptors (Lipinski definition) is 7. The minimum atomic E-state index is -1.22. The third kappa shape index (κ3) is 4.44. The molecule has 0 radical (unpaired) electrons. The van der Waals surface area contributed by atoms with Gasteiger partial charge in [0.2, 0.25) is 0 Å². The molecule has 1 heterocycles. The standard InChI is InChI=1S/C25H28N2O7/c1-14-12-15(2)20(16(3)13-14)21-22(25(5,6)26(23(21)28)34-17(4)32-7)33-24(29)18-10-8-9-11-19(18)27(30)31/h8-13,17H,1-7H3. The molecular weight excluding hydrogens is 440 g/mol. The Hall–Kier alpha value is -3.56. The number of nitrogens with zero attached hydrogens (tertiary/aromatic N) is 2. The number of hydroxylamine groups is 2. The Bertz CT molecular complexity index is 1180. The van der Waals surface area contributed by atoms with Crippen molar-refractivity contribution in [2.45, 2.75) is 53.4 Å². The molecule has 9 nitrogen and oxygen atoms in total. The molecule has 3 rings (SSSR count). The van der Waals surface area contributed by atoms with Crippen LogP contribution in [0.4, 0.5) is 5.69 Å². The number of rotatable bonds is 7. The molecule has 180 valence electrons. The monoisotopic (exact) mass is 468 g/mol. The molecule has 0 bridgehead atoms. The fourth-order valence-corrected chi connectivity index (χ4v) is 4.15. The van der Waals surface area contributed by atoms with E-state index in [1.54, 1.807) is 20.8 Å². The Labute approximate surface area is 198 Å². The summed E-state index contributed by atoms with van der Waals surface area (Å²) in [5.41, 5.74) is 1.60. The number of ether oxygens (including phenoxy) is 2. The number of aryl methyl sites for hydroxylation is 3. The highest BCUT2D eigenvalue weighted by Crippen LogP contribution is 2.43. The SMILES string of the molecule is COC(C)ON1C(=O)C(c2c(C)cc(C)cc2C)=C(OC(=O)c2ccccc2[N+](=O)[O-])C1(C)C. The number of para-hydroxylation sites is 1. The molecule has 0 aromatic heterocycles.